The number of benzene rings is 1. The Balaban J connectivity index is 2.10. The summed E-state index contributed by atoms with van der Waals surface area (Å²) >= 11 is 0. The number of phenolic OH excluding ortho intramolecular Hbond substituents is 1. The first-order chi connectivity index (χ1) is 12.7. The second kappa shape index (κ2) is 8.81. The van der Waals surface area contributed by atoms with Crippen molar-refractivity contribution in [1.29, 1.82) is 0 Å². The van der Waals surface area contributed by atoms with Crippen LogP contribution in [0.1, 0.15) is 24.0 Å². The third-order valence-electron chi connectivity index (χ3n) is 4.19. The van der Waals surface area contributed by atoms with Crippen LogP contribution in [0.2, 0.25) is 0 Å². The van der Waals surface area contributed by atoms with Gasteiger partial charge in [0, 0.05) is 46.2 Å². The lowest BCUT2D eigenvalue weighted by atomic mass is 10.0. The number of aliphatic carboxylic acids is 1. The van der Waals surface area contributed by atoms with Crippen LogP contribution in [-0.4, -0.2) is 39.2 Å². The van der Waals surface area contributed by atoms with Crippen molar-refractivity contribution < 1.29 is 28.4 Å². The Labute approximate surface area is 157 Å². The smallest absolute Gasteiger partial charge is 0.339 e. The van der Waals surface area contributed by atoms with Crippen molar-refractivity contribution >= 4 is 33.6 Å². The number of rotatable bonds is 8. The zero-order valence-corrected chi connectivity index (χ0v) is 15.8. The average molecular weight is 394 g/mol. The Kier molecular flexibility index (Phi) is 6.73. The van der Waals surface area contributed by atoms with E-state index in [1.54, 1.807) is 13.0 Å². The lowest BCUT2D eigenvalue weighted by Crippen LogP contribution is -2.48. The van der Waals surface area contributed by atoms with Gasteiger partial charge in [0.05, 0.1) is 12.0 Å². The monoisotopic (exact) mass is 394 g/mol. The molecule has 1 heterocycles. The van der Waals surface area contributed by atoms with E-state index in [4.69, 9.17) is 4.42 Å². The molecule has 0 spiro atoms. The maximum absolute atomic E-state index is 12.2. The average Bonchev–Trinajstić information content (AvgIpc) is 2.57. The molecule has 0 aliphatic heterocycles. The Bertz CT molecular complexity index is 951. The largest absolute Gasteiger partial charge is 0.548 e. The van der Waals surface area contributed by atoms with E-state index in [-0.39, 0.29) is 36.3 Å². The van der Waals surface area contributed by atoms with Gasteiger partial charge in [0.1, 0.15) is 11.3 Å². The summed E-state index contributed by atoms with van der Waals surface area (Å²) in [6.07, 6.45) is 1.39. The number of carbonyl (C=O) groups excluding carboxylic acids is 2. The van der Waals surface area contributed by atoms with Gasteiger partial charge in [-0.05, 0) is 37.5 Å². The molecule has 9 heteroatoms. The van der Waals surface area contributed by atoms with Crippen LogP contribution in [0.4, 0.5) is 0 Å². The molecule has 0 unspecified atom stereocenters. The SMILES string of the molecule is Cc1c(CCC(=O)N[C@H](CC[S@@](C)=O)C(=O)[O-])c(=O)oc2cc(O)ccc12. The highest BCUT2D eigenvalue weighted by Gasteiger charge is 2.17. The highest BCUT2D eigenvalue weighted by atomic mass is 32.2. The lowest BCUT2D eigenvalue weighted by Gasteiger charge is -2.19. The first-order valence-electron chi connectivity index (χ1n) is 8.24. The van der Waals surface area contributed by atoms with Crippen LogP contribution in [0, 0.1) is 6.92 Å². The molecule has 0 aliphatic carbocycles. The number of fused-ring (bicyclic) bond motifs is 1. The van der Waals surface area contributed by atoms with Crippen molar-refractivity contribution in [1.82, 2.24) is 5.32 Å². The number of aryl methyl sites for hydroxylation is 1. The molecular formula is C18H20NO7S-. The molecule has 8 nitrogen and oxygen atoms in total. The van der Waals surface area contributed by atoms with Gasteiger partial charge < -0.3 is 24.7 Å². The van der Waals surface area contributed by atoms with Crippen molar-refractivity contribution in [3.63, 3.8) is 0 Å². The molecule has 0 bridgehead atoms. The Morgan fingerprint density at radius 2 is 2.07 bits per heavy atom. The van der Waals surface area contributed by atoms with Crippen molar-refractivity contribution in [2.45, 2.75) is 32.2 Å². The number of amides is 1. The fourth-order valence-corrected chi connectivity index (χ4v) is 3.28. The van der Waals surface area contributed by atoms with Gasteiger partial charge >= 0.3 is 5.63 Å². The van der Waals surface area contributed by atoms with E-state index in [9.17, 15) is 28.8 Å². The molecule has 0 saturated carbocycles. The molecule has 2 aromatic rings. The lowest BCUT2D eigenvalue weighted by molar-refractivity contribution is -0.308. The predicted molar refractivity (Wildman–Crippen MR) is 97.7 cm³/mol. The van der Waals surface area contributed by atoms with Crippen molar-refractivity contribution in [2.24, 2.45) is 0 Å². The van der Waals surface area contributed by atoms with Crippen LogP contribution in [-0.2, 0) is 26.8 Å². The second-order valence-corrected chi connectivity index (χ2v) is 7.73. The molecule has 2 rings (SSSR count). The predicted octanol–water partition coefficient (Wildman–Crippen LogP) is -0.257. The topological polar surface area (TPSA) is 137 Å². The second-order valence-electron chi connectivity index (χ2n) is 6.18. The van der Waals surface area contributed by atoms with Crippen LogP contribution in [0.3, 0.4) is 0 Å². The van der Waals surface area contributed by atoms with E-state index in [1.165, 1.54) is 18.4 Å². The first kappa shape index (κ1) is 20.6. The molecule has 2 atom stereocenters. The van der Waals surface area contributed by atoms with Crippen LogP contribution in [0.5, 0.6) is 5.75 Å². The van der Waals surface area contributed by atoms with Crippen LogP contribution >= 0.6 is 0 Å². The summed E-state index contributed by atoms with van der Waals surface area (Å²) in [7, 11) is -1.19. The molecule has 146 valence electrons. The molecule has 0 radical (unpaired) electrons. The normalized spacial score (nSPS) is 13.3. The molecule has 0 saturated heterocycles. The van der Waals surface area contributed by atoms with Gasteiger partial charge in [-0.25, -0.2) is 4.79 Å². The third kappa shape index (κ3) is 5.40. The van der Waals surface area contributed by atoms with Gasteiger partial charge in [0.2, 0.25) is 5.91 Å². The number of hydrogen-bond acceptors (Lipinski definition) is 7. The standard InChI is InChI=1S/C18H21NO7S/c1-10-12-4-3-11(20)9-15(12)26-18(24)13(10)5-6-16(21)19-14(17(22)23)7-8-27(2)25/h3-4,9,14,20H,5-8H2,1-2H3,(H,19,21)(H,22,23)/p-1/t14-,27-/m1/s1. The summed E-state index contributed by atoms with van der Waals surface area (Å²) in [6.45, 7) is 1.71. The number of carbonyl (C=O) groups is 2. The minimum atomic E-state index is -1.45. The van der Waals surface area contributed by atoms with Crippen molar-refractivity contribution in [2.75, 3.05) is 12.0 Å². The summed E-state index contributed by atoms with van der Waals surface area (Å²) in [4.78, 5) is 35.3. The number of carboxylic acids is 1. The summed E-state index contributed by atoms with van der Waals surface area (Å²) in [5.74, 6) is -1.91. The molecule has 1 aromatic carbocycles. The fraction of sp³-hybridized carbons (Fsp3) is 0.389. The molecular weight excluding hydrogens is 374 g/mol. The summed E-state index contributed by atoms with van der Waals surface area (Å²) < 4.78 is 16.3. The van der Waals surface area contributed by atoms with Crippen LogP contribution < -0.4 is 16.0 Å². The summed E-state index contributed by atoms with van der Waals surface area (Å²) in [5, 5.41) is 23.5. The molecule has 1 amide bonds. The number of aromatic hydroxyl groups is 1. The van der Waals surface area contributed by atoms with E-state index < -0.39 is 34.3 Å². The van der Waals surface area contributed by atoms with E-state index in [0.29, 0.717) is 16.5 Å². The van der Waals surface area contributed by atoms with Crippen molar-refractivity contribution in [3.05, 3.63) is 39.7 Å². The molecule has 27 heavy (non-hydrogen) atoms. The minimum absolute atomic E-state index is 0.00216. The van der Waals surface area contributed by atoms with E-state index >= 15 is 0 Å². The van der Waals surface area contributed by atoms with Gasteiger partial charge in [0.25, 0.3) is 0 Å². The van der Waals surface area contributed by atoms with Crippen LogP contribution in [0.25, 0.3) is 11.0 Å². The number of nitrogens with one attached hydrogen (secondary N) is 1. The molecule has 1 aromatic heterocycles. The van der Waals surface area contributed by atoms with Gasteiger partial charge in [-0.15, -0.1) is 0 Å². The van der Waals surface area contributed by atoms with Gasteiger partial charge in [-0.3, -0.25) is 9.00 Å². The molecule has 2 N–H and O–H groups in total. The highest BCUT2D eigenvalue weighted by molar-refractivity contribution is 7.84. The number of carboxylic acid groups (broad SMARTS) is 1. The zero-order chi connectivity index (χ0) is 20.1. The molecule has 0 aliphatic rings. The highest BCUT2D eigenvalue weighted by Crippen LogP contribution is 2.23. The van der Waals surface area contributed by atoms with Gasteiger partial charge in [-0.1, -0.05) is 0 Å². The summed E-state index contributed by atoms with van der Waals surface area (Å²) in [6, 6.07) is 3.18. The van der Waals surface area contributed by atoms with E-state index in [2.05, 4.69) is 5.32 Å². The number of phenols is 1. The first-order valence-corrected chi connectivity index (χ1v) is 9.97. The fourth-order valence-electron chi connectivity index (χ4n) is 2.71. The minimum Gasteiger partial charge on any atom is -0.548 e. The third-order valence-corrected chi connectivity index (χ3v) is 5.00. The number of hydrogen-bond donors (Lipinski definition) is 2. The molecule has 0 fully saturated rings. The Morgan fingerprint density at radius 1 is 1.37 bits per heavy atom. The van der Waals surface area contributed by atoms with Crippen molar-refractivity contribution in [3.8, 4) is 5.75 Å². The summed E-state index contributed by atoms with van der Waals surface area (Å²) in [5.41, 5.74) is 0.571. The maximum Gasteiger partial charge on any atom is 0.339 e. The quantitative estimate of drug-likeness (QED) is 0.589. The van der Waals surface area contributed by atoms with Crippen LogP contribution in [0.15, 0.2) is 27.4 Å². The zero-order valence-electron chi connectivity index (χ0n) is 14.9. The van der Waals surface area contributed by atoms with E-state index in [0.717, 1.165) is 0 Å². The van der Waals surface area contributed by atoms with E-state index in [1.807, 2.05) is 0 Å². The van der Waals surface area contributed by atoms with Gasteiger partial charge in [0.15, 0.2) is 0 Å². The van der Waals surface area contributed by atoms with Gasteiger partial charge in [-0.2, -0.15) is 0 Å². The maximum atomic E-state index is 12.2. The Morgan fingerprint density at radius 3 is 2.70 bits per heavy atom. The Hall–Kier alpha value is -2.68.